The maximum Gasteiger partial charge on any atom is 0.164 e. The summed E-state index contributed by atoms with van der Waals surface area (Å²) in [5.74, 6) is -4.06. The van der Waals surface area contributed by atoms with Crippen LogP contribution in [-0.2, 0) is 19.2 Å². The highest BCUT2D eigenvalue weighted by molar-refractivity contribution is 6.37. The summed E-state index contributed by atoms with van der Waals surface area (Å²) in [5.41, 5.74) is -3.28. The molecule has 5 heteroatoms. The van der Waals surface area contributed by atoms with Crippen LogP contribution in [0.15, 0.2) is 11.6 Å². The molecule has 1 spiro atoms. The van der Waals surface area contributed by atoms with Crippen LogP contribution in [0.25, 0.3) is 0 Å². The molecule has 0 aromatic heterocycles. The molecule has 31 heavy (non-hydrogen) atoms. The first kappa shape index (κ1) is 24.0. The normalized spacial score (nSPS) is 37.6. The number of aliphatic hydroxyl groups is 1. The van der Waals surface area contributed by atoms with Crippen molar-refractivity contribution in [3.63, 3.8) is 0 Å². The lowest BCUT2D eigenvalue weighted by Gasteiger charge is -2.41. The summed E-state index contributed by atoms with van der Waals surface area (Å²) in [7, 11) is 0. The average molecular weight is 431 g/mol. The molecule has 3 aliphatic carbocycles. The van der Waals surface area contributed by atoms with E-state index < -0.39 is 45.2 Å². The summed E-state index contributed by atoms with van der Waals surface area (Å²) >= 11 is 0. The molecule has 0 saturated heterocycles. The van der Waals surface area contributed by atoms with Gasteiger partial charge >= 0.3 is 0 Å². The Hall–Kier alpha value is -1.62. The van der Waals surface area contributed by atoms with Crippen LogP contribution in [0.3, 0.4) is 0 Å². The standard InChI is InChI=1S/C26H38O5/c1-9-15(4)19(27)18-20(28)25(11-10-14(2)3)12-17-23(5,6)16(24(7,8)31)13-26(17,21(18)29)22(25)30/h10,15-18,31H,9,11-13H2,1-8H3/t15?,16-,17-,18?,25?,26+/m0/s1. The van der Waals surface area contributed by atoms with Crippen molar-refractivity contribution >= 4 is 23.1 Å². The first-order valence-electron chi connectivity index (χ1n) is 11.6. The zero-order valence-electron chi connectivity index (χ0n) is 20.3. The highest BCUT2D eigenvalue weighted by atomic mass is 16.3. The van der Waals surface area contributed by atoms with Crippen LogP contribution in [0.2, 0.25) is 0 Å². The molecule has 3 aliphatic rings. The zero-order valence-corrected chi connectivity index (χ0v) is 20.3. The van der Waals surface area contributed by atoms with Gasteiger partial charge in [-0.25, -0.2) is 0 Å². The van der Waals surface area contributed by atoms with Crippen LogP contribution in [0.4, 0.5) is 0 Å². The van der Waals surface area contributed by atoms with Crippen LogP contribution in [-0.4, -0.2) is 33.8 Å². The van der Waals surface area contributed by atoms with Gasteiger partial charge in [-0.15, -0.1) is 0 Å². The lowest BCUT2D eigenvalue weighted by atomic mass is 9.57. The van der Waals surface area contributed by atoms with E-state index in [-0.39, 0.29) is 42.7 Å². The summed E-state index contributed by atoms with van der Waals surface area (Å²) < 4.78 is 0. The van der Waals surface area contributed by atoms with Crippen molar-refractivity contribution in [3.8, 4) is 0 Å². The van der Waals surface area contributed by atoms with Crippen LogP contribution in [0, 0.1) is 39.9 Å². The molecule has 3 unspecified atom stereocenters. The van der Waals surface area contributed by atoms with Gasteiger partial charge < -0.3 is 5.11 Å². The first-order valence-corrected chi connectivity index (χ1v) is 11.6. The summed E-state index contributed by atoms with van der Waals surface area (Å²) in [5, 5.41) is 10.9. The number of carbonyl (C=O) groups excluding carboxylic acids is 4. The molecule has 2 bridgehead atoms. The van der Waals surface area contributed by atoms with Gasteiger partial charge in [-0.2, -0.15) is 0 Å². The largest absolute Gasteiger partial charge is 0.390 e. The lowest BCUT2D eigenvalue weighted by Crippen LogP contribution is -2.59. The number of carbonyl (C=O) groups is 4. The second-order valence-electron chi connectivity index (χ2n) is 11.7. The Morgan fingerprint density at radius 1 is 1.16 bits per heavy atom. The Morgan fingerprint density at radius 3 is 2.23 bits per heavy atom. The quantitative estimate of drug-likeness (QED) is 0.506. The van der Waals surface area contributed by atoms with Gasteiger partial charge in [0.05, 0.1) is 16.4 Å². The lowest BCUT2D eigenvalue weighted by molar-refractivity contribution is -0.161. The number of hydrogen-bond acceptors (Lipinski definition) is 5. The average Bonchev–Trinajstić information content (AvgIpc) is 3.03. The van der Waals surface area contributed by atoms with E-state index in [1.807, 2.05) is 40.7 Å². The van der Waals surface area contributed by atoms with E-state index in [1.54, 1.807) is 20.8 Å². The van der Waals surface area contributed by atoms with Gasteiger partial charge in [0.1, 0.15) is 5.92 Å². The number of hydrogen-bond donors (Lipinski definition) is 1. The third-order valence-corrected chi connectivity index (χ3v) is 8.84. The fraction of sp³-hybridized carbons (Fsp3) is 0.769. The second kappa shape index (κ2) is 7.19. The predicted molar refractivity (Wildman–Crippen MR) is 118 cm³/mol. The molecular weight excluding hydrogens is 392 g/mol. The van der Waals surface area contributed by atoms with Crippen molar-refractivity contribution in [1.82, 2.24) is 0 Å². The predicted octanol–water partition coefficient (Wildman–Crippen LogP) is 4.10. The van der Waals surface area contributed by atoms with Crippen molar-refractivity contribution in [3.05, 3.63) is 11.6 Å². The van der Waals surface area contributed by atoms with E-state index in [1.165, 1.54) is 0 Å². The summed E-state index contributed by atoms with van der Waals surface area (Å²) in [6.45, 7) is 14.9. The maximum atomic E-state index is 14.1. The van der Waals surface area contributed by atoms with Crippen molar-refractivity contribution in [2.24, 2.45) is 39.9 Å². The van der Waals surface area contributed by atoms with Crippen LogP contribution >= 0.6 is 0 Å². The molecule has 6 atom stereocenters. The summed E-state index contributed by atoms with van der Waals surface area (Å²) in [6.07, 6.45) is 3.17. The Kier molecular flexibility index (Phi) is 5.58. The van der Waals surface area contributed by atoms with Crippen LogP contribution < -0.4 is 0 Å². The SMILES string of the molecule is CCC(C)C(=O)C1C(=O)C2(CC=C(C)C)C[C@H]3C(C)(C)[C@@H](C(C)(C)O)C[C@@]3(C1=O)C2=O. The number of Topliss-reactive ketones (excluding diaryl/α,β-unsaturated/α-hetero) is 4. The van der Waals surface area contributed by atoms with Crippen LogP contribution in [0.5, 0.6) is 0 Å². The van der Waals surface area contributed by atoms with Gasteiger partial charge in [0.15, 0.2) is 23.1 Å². The molecule has 0 amide bonds. The second-order valence-corrected chi connectivity index (χ2v) is 11.7. The van der Waals surface area contributed by atoms with Crippen LogP contribution in [0.1, 0.15) is 81.1 Å². The number of ketones is 4. The monoisotopic (exact) mass is 430 g/mol. The number of allylic oxidation sites excluding steroid dienone is 2. The molecule has 0 aromatic rings. The molecule has 0 heterocycles. The van der Waals surface area contributed by atoms with Crippen molar-refractivity contribution in [2.45, 2.75) is 86.7 Å². The van der Waals surface area contributed by atoms with E-state index in [0.717, 1.165) is 5.57 Å². The minimum atomic E-state index is -1.36. The fourth-order valence-electron chi connectivity index (χ4n) is 6.97. The molecule has 3 saturated carbocycles. The van der Waals surface area contributed by atoms with E-state index in [2.05, 4.69) is 0 Å². The highest BCUT2D eigenvalue weighted by Gasteiger charge is 2.80. The molecule has 0 aliphatic heterocycles. The van der Waals surface area contributed by atoms with Gasteiger partial charge in [-0.3, -0.25) is 19.2 Å². The maximum absolute atomic E-state index is 14.1. The topological polar surface area (TPSA) is 88.5 Å². The molecule has 3 fully saturated rings. The zero-order chi connectivity index (χ0) is 23.7. The van der Waals surface area contributed by atoms with Gasteiger partial charge in [-0.05, 0) is 70.6 Å². The summed E-state index contributed by atoms with van der Waals surface area (Å²) in [4.78, 5) is 55.0. The minimum Gasteiger partial charge on any atom is -0.390 e. The number of rotatable bonds is 6. The van der Waals surface area contributed by atoms with Gasteiger partial charge in [-0.1, -0.05) is 39.3 Å². The Bertz CT molecular complexity index is 869. The Labute approximate surface area is 186 Å². The third kappa shape index (κ3) is 3.06. The van der Waals surface area contributed by atoms with Crippen molar-refractivity contribution in [1.29, 1.82) is 0 Å². The van der Waals surface area contributed by atoms with Gasteiger partial charge in [0.25, 0.3) is 0 Å². The fourth-order valence-corrected chi connectivity index (χ4v) is 6.97. The minimum absolute atomic E-state index is 0.208. The van der Waals surface area contributed by atoms with E-state index in [4.69, 9.17) is 0 Å². The summed E-state index contributed by atoms with van der Waals surface area (Å²) in [6, 6.07) is 0. The smallest absolute Gasteiger partial charge is 0.164 e. The van der Waals surface area contributed by atoms with E-state index in [0.29, 0.717) is 6.42 Å². The number of fused-ring (bicyclic) bond motifs is 1. The molecule has 3 rings (SSSR count). The molecule has 1 N–H and O–H groups in total. The van der Waals surface area contributed by atoms with Crippen molar-refractivity contribution in [2.75, 3.05) is 0 Å². The Balaban J connectivity index is 2.24. The molecule has 0 aromatic carbocycles. The Morgan fingerprint density at radius 2 is 1.74 bits per heavy atom. The highest BCUT2D eigenvalue weighted by Crippen LogP contribution is 2.72. The molecule has 0 radical (unpaired) electrons. The van der Waals surface area contributed by atoms with E-state index >= 15 is 0 Å². The van der Waals surface area contributed by atoms with E-state index in [9.17, 15) is 24.3 Å². The third-order valence-electron chi connectivity index (χ3n) is 8.84. The van der Waals surface area contributed by atoms with Crippen molar-refractivity contribution < 1.29 is 24.3 Å². The van der Waals surface area contributed by atoms with Gasteiger partial charge in [0, 0.05) is 5.92 Å². The molecular formula is C26H38O5. The van der Waals surface area contributed by atoms with Gasteiger partial charge in [0.2, 0.25) is 0 Å². The first-order chi connectivity index (χ1) is 14.1. The molecule has 5 nitrogen and oxygen atoms in total. The molecule has 172 valence electrons.